The molecular formula is C19H21NO6S2. The first-order valence-electron chi connectivity index (χ1n) is 8.45. The van der Waals surface area contributed by atoms with Crippen LogP contribution in [0.2, 0.25) is 0 Å². The van der Waals surface area contributed by atoms with E-state index in [0.717, 1.165) is 11.0 Å². The average molecular weight is 424 g/mol. The van der Waals surface area contributed by atoms with Crippen LogP contribution < -0.4 is 9.47 Å². The Kier molecular flexibility index (Phi) is 5.78. The summed E-state index contributed by atoms with van der Waals surface area (Å²) in [4.78, 5) is -0.0806. The average Bonchev–Trinajstić information content (AvgIpc) is 3.05. The minimum atomic E-state index is -4.10. The molecular weight excluding hydrogens is 402 g/mol. The molecule has 7 nitrogen and oxygen atoms in total. The van der Waals surface area contributed by atoms with Crippen LogP contribution in [0.1, 0.15) is 5.56 Å². The van der Waals surface area contributed by atoms with Crippen LogP contribution in [0.25, 0.3) is 0 Å². The van der Waals surface area contributed by atoms with Gasteiger partial charge in [0.1, 0.15) is 16.4 Å². The number of rotatable bonds is 7. The second kappa shape index (κ2) is 7.94. The van der Waals surface area contributed by atoms with Gasteiger partial charge in [0, 0.05) is 18.0 Å². The summed E-state index contributed by atoms with van der Waals surface area (Å²) in [5, 5.41) is 1.06. The second-order valence-corrected chi connectivity index (χ2v) is 10.1. The van der Waals surface area contributed by atoms with Crippen molar-refractivity contribution in [2.24, 2.45) is 0 Å². The molecule has 1 aliphatic rings. The van der Waals surface area contributed by atoms with E-state index in [-0.39, 0.29) is 22.9 Å². The Labute approximate surface area is 165 Å². The molecule has 2 aromatic carbocycles. The van der Waals surface area contributed by atoms with Crippen LogP contribution in [-0.2, 0) is 26.4 Å². The van der Waals surface area contributed by atoms with E-state index in [9.17, 15) is 16.8 Å². The molecule has 0 aromatic heterocycles. The fourth-order valence-electron chi connectivity index (χ4n) is 2.99. The van der Waals surface area contributed by atoms with Crippen molar-refractivity contribution in [1.82, 2.24) is 4.31 Å². The molecule has 0 fully saturated rings. The largest absolute Gasteiger partial charge is 0.497 e. The molecule has 150 valence electrons. The molecule has 1 heterocycles. The fraction of sp³-hybridized carbons (Fsp3) is 0.263. The quantitative estimate of drug-likeness (QED) is 0.678. The summed E-state index contributed by atoms with van der Waals surface area (Å²) < 4.78 is 62.5. The summed E-state index contributed by atoms with van der Waals surface area (Å²) in [6.45, 7) is 0.0219. The number of methoxy groups -OCH3 is 2. The van der Waals surface area contributed by atoms with E-state index in [1.165, 1.54) is 36.7 Å². The van der Waals surface area contributed by atoms with E-state index in [0.29, 0.717) is 5.75 Å². The second-order valence-electron chi connectivity index (χ2n) is 6.28. The number of hydrogen-bond acceptors (Lipinski definition) is 6. The standard InChI is InChI=1S/C19H21NO6S2/c1-25-17-8-9-18(26-2)19(12-17)28(23,24)20(13-15-6-4-3-5-7-15)16-10-11-27(21,22)14-16/h3-12,16H,13-14H2,1-2H3/t16-/m0/s1. The molecule has 0 saturated carbocycles. The first-order chi connectivity index (χ1) is 13.3. The molecule has 3 rings (SSSR count). The third-order valence-electron chi connectivity index (χ3n) is 4.42. The number of nitrogens with zero attached hydrogens (tertiary/aromatic N) is 1. The van der Waals surface area contributed by atoms with Gasteiger partial charge in [-0.2, -0.15) is 4.31 Å². The van der Waals surface area contributed by atoms with Gasteiger partial charge in [0.2, 0.25) is 10.0 Å². The van der Waals surface area contributed by atoms with Crippen LogP contribution in [0.15, 0.2) is 64.9 Å². The highest BCUT2D eigenvalue weighted by Gasteiger charge is 2.37. The third-order valence-corrected chi connectivity index (χ3v) is 7.69. The Hall–Kier alpha value is -2.36. The lowest BCUT2D eigenvalue weighted by molar-refractivity contribution is 0.363. The third kappa shape index (κ3) is 4.21. The monoisotopic (exact) mass is 423 g/mol. The molecule has 1 aliphatic heterocycles. The number of hydrogen-bond donors (Lipinski definition) is 0. The van der Waals surface area contributed by atoms with Gasteiger partial charge >= 0.3 is 0 Å². The number of sulfone groups is 1. The van der Waals surface area contributed by atoms with Crippen LogP contribution in [0.5, 0.6) is 11.5 Å². The Balaban J connectivity index is 2.10. The predicted octanol–water partition coefficient (Wildman–Crippen LogP) is 2.21. The lowest BCUT2D eigenvalue weighted by Gasteiger charge is -2.27. The highest BCUT2D eigenvalue weighted by Crippen LogP contribution is 2.33. The maximum absolute atomic E-state index is 13.5. The molecule has 0 bridgehead atoms. The normalized spacial score (nSPS) is 18.3. The predicted molar refractivity (Wildman–Crippen MR) is 105 cm³/mol. The first kappa shape index (κ1) is 20.4. The molecule has 9 heteroatoms. The highest BCUT2D eigenvalue weighted by molar-refractivity contribution is 7.94. The van der Waals surface area contributed by atoms with Crippen LogP contribution in [-0.4, -0.2) is 47.2 Å². The van der Waals surface area contributed by atoms with Gasteiger partial charge in [-0.1, -0.05) is 36.4 Å². The summed E-state index contributed by atoms with van der Waals surface area (Å²) in [5.41, 5.74) is 0.741. The molecule has 0 saturated heterocycles. The van der Waals surface area contributed by atoms with Crippen molar-refractivity contribution in [3.8, 4) is 11.5 Å². The Morgan fingerprint density at radius 3 is 2.36 bits per heavy atom. The van der Waals surface area contributed by atoms with Crippen molar-refractivity contribution in [1.29, 1.82) is 0 Å². The maximum atomic E-state index is 13.5. The topological polar surface area (TPSA) is 90.0 Å². The van der Waals surface area contributed by atoms with Crippen molar-refractivity contribution in [2.45, 2.75) is 17.5 Å². The lowest BCUT2D eigenvalue weighted by Crippen LogP contribution is -2.40. The van der Waals surface area contributed by atoms with Gasteiger partial charge in [-0.25, -0.2) is 16.8 Å². The van der Waals surface area contributed by atoms with Gasteiger partial charge in [-0.3, -0.25) is 0 Å². The van der Waals surface area contributed by atoms with Crippen LogP contribution >= 0.6 is 0 Å². The SMILES string of the molecule is COc1ccc(OC)c(S(=O)(=O)N(Cc2ccccc2)[C@H]2C=CS(=O)(=O)C2)c1. The van der Waals surface area contributed by atoms with Crippen molar-refractivity contribution in [3.05, 3.63) is 65.6 Å². The molecule has 0 aliphatic carbocycles. The number of ether oxygens (including phenoxy) is 2. The smallest absolute Gasteiger partial charge is 0.247 e. The van der Waals surface area contributed by atoms with Gasteiger partial charge in [-0.05, 0) is 17.7 Å². The van der Waals surface area contributed by atoms with Gasteiger partial charge < -0.3 is 9.47 Å². The van der Waals surface area contributed by atoms with E-state index < -0.39 is 25.9 Å². The molecule has 0 spiro atoms. The van der Waals surface area contributed by atoms with E-state index in [4.69, 9.17) is 9.47 Å². The highest BCUT2D eigenvalue weighted by atomic mass is 32.2. The molecule has 0 unspecified atom stereocenters. The number of benzene rings is 2. The first-order valence-corrected chi connectivity index (χ1v) is 11.6. The van der Waals surface area contributed by atoms with E-state index >= 15 is 0 Å². The molecule has 0 radical (unpaired) electrons. The summed E-state index contributed by atoms with van der Waals surface area (Å²) in [6, 6.07) is 12.7. The zero-order valence-electron chi connectivity index (χ0n) is 15.5. The van der Waals surface area contributed by atoms with E-state index in [2.05, 4.69) is 0 Å². The van der Waals surface area contributed by atoms with Gasteiger partial charge in [0.25, 0.3) is 0 Å². The van der Waals surface area contributed by atoms with Crippen molar-refractivity contribution in [3.63, 3.8) is 0 Å². The molecule has 0 N–H and O–H groups in total. The number of sulfonamides is 1. The maximum Gasteiger partial charge on any atom is 0.247 e. The van der Waals surface area contributed by atoms with Crippen molar-refractivity contribution >= 4 is 19.9 Å². The summed E-state index contributed by atoms with van der Waals surface area (Å²) in [7, 11) is -4.73. The summed E-state index contributed by atoms with van der Waals surface area (Å²) >= 11 is 0. The van der Waals surface area contributed by atoms with E-state index in [1.54, 1.807) is 30.3 Å². The zero-order valence-corrected chi connectivity index (χ0v) is 17.1. The minimum Gasteiger partial charge on any atom is -0.497 e. The van der Waals surface area contributed by atoms with Crippen LogP contribution in [0.3, 0.4) is 0 Å². The summed E-state index contributed by atoms with van der Waals surface area (Å²) in [5.74, 6) is 0.211. The van der Waals surface area contributed by atoms with Crippen LogP contribution in [0.4, 0.5) is 0 Å². The summed E-state index contributed by atoms with van der Waals surface area (Å²) in [6.07, 6.45) is 1.41. The van der Waals surface area contributed by atoms with E-state index in [1.807, 2.05) is 6.07 Å². The van der Waals surface area contributed by atoms with Crippen molar-refractivity contribution < 1.29 is 26.3 Å². The zero-order chi connectivity index (χ0) is 20.4. The Bertz CT molecular complexity index is 1080. The van der Waals surface area contributed by atoms with Gasteiger partial charge in [-0.15, -0.1) is 0 Å². The van der Waals surface area contributed by atoms with Crippen LogP contribution in [0, 0.1) is 0 Å². The molecule has 28 heavy (non-hydrogen) atoms. The molecule has 1 atom stereocenters. The lowest BCUT2D eigenvalue weighted by atomic mass is 10.2. The Morgan fingerprint density at radius 1 is 1.07 bits per heavy atom. The molecule has 0 amide bonds. The van der Waals surface area contributed by atoms with Crippen molar-refractivity contribution in [2.75, 3.05) is 20.0 Å². The molecule has 2 aromatic rings. The van der Waals surface area contributed by atoms with Gasteiger partial charge in [0.05, 0.1) is 26.0 Å². The fourth-order valence-corrected chi connectivity index (χ4v) is 6.13. The Morgan fingerprint density at radius 2 is 1.79 bits per heavy atom. The van der Waals surface area contributed by atoms with Gasteiger partial charge in [0.15, 0.2) is 9.84 Å². The minimum absolute atomic E-state index is 0.0219.